The van der Waals surface area contributed by atoms with Crippen molar-refractivity contribution in [2.24, 2.45) is 5.92 Å². The number of morpholine rings is 1. The van der Waals surface area contributed by atoms with Crippen LogP contribution in [0, 0.1) is 12.8 Å². The predicted molar refractivity (Wildman–Crippen MR) is 81.4 cm³/mol. The molecule has 2 aliphatic rings. The third-order valence-corrected chi connectivity index (χ3v) is 4.60. The first-order valence-electron chi connectivity index (χ1n) is 7.97. The summed E-state index contributed by atoms with van der Waals surface area (Å²) in [6, 6.07) is 1.96. The minimum atomic E-state index is 0.157. The molecule has 116 valence electrons. The van der Waals surface area contributed by atoms with Crippen LogP contribution in [-0.4, -0.2) is 66.6 Å². The molecule has 0 saturated carbocycles. The number of rotatable bonds is 3. The highest BCUT2D eigenvalue weighted by Gasteiger charge is 2.27. The van der Waals surface area contributed by atoms with E-state index in [1.165, 1.54) is 6.42 Å². The van der Waals surface area contributed by atoms with Gasteiger partial charge in [0.1, 0.15) is 5.69 Å². The van der Waals surface area contributed by atoms with Crippen molar-refractivity contribution in [3.63, 3.8) is 0 Å². The molecule has 3 heterocycles. The fourth-order valence-electron chi connectivity index (χ4n) is 3.38. The summed E-state index contributed by atoms with van der Waals surface area (Å²) in [5, 5.41) is 0. The van der Waals surface area contributed by atoms with Crippen LogP contribution in [0.5, 0.6) is 0 Å². The van der Waals surface area contributed by atoms with Crippen LogP contribution < -0.4 is 0 Å². The lowest BCUT2D eigenvalue weighted by Crippen LogP contribution is -2.46. The van der Waals surface area contributed by atoms with E-state index in [4.69, 9.17) is 4.74 Å². The van der Waals surface area contributed by atoms with Crippen molar-refractivity contribution >= 4 is 5.91 Å². The smallest absolute Gasteiger partial charge is 0.270 e. The number of aryl methyl sites for hydroxylation is 1. The third kappa shape index (κ3) is 3.47. The molecule has 0 unspecified atom stereocenters. The molecule has 2 fully saturated rings. The summed E-state index contributed by atoms with van der Waals surface area (Å²) in [6.07, 6.45) is 4.18. The van der Waals surface area contributed by atoms with Crippen LogP contribution in [0.25, 0.3) is 0 Å². The van der Waals surface area contributed by atoms with E-state index in [2.05, 4.69) is 9.88 Å². The van der Waals surface area contributed by atoms with Gasteiger partial charge in [-0.15, -0.1) is 0 Å². The molecule has 0 aromatic carbocycles. The van der Waals surface area contributed by atoms with E-state index in [0.29, 0.717) is 5.92 Å². The van der Waals surface area contributed by atoms with Gasteiger partial charge in [0.15, 0.2) is 0 Å². The average molecular weight is 291 g/mol. The van der Waals surface area contributed by atoms with Gasteiger partial charge >= 0.3 is 0 Å². The molecule has 3 rings (SSSR count). The van der Waals surface area contributed by atoms with Crippen LogP contribution in [0.2, 0.25) is 0 Å². The topological polar surface area (TPSA) is 48.6 Å². The highest BCUT2D eigenvalue weighted by Crippen LogP contribution is 2.20. The second kappa shape index (κ2) is 6.62. The van der Waals surface area contributed by atoms with Gasteiger partial charge in [-0.1, -0.05) is 0 Å². The fourth-order valence-corrected chi connectivity index (χ4v) is 3.38. The van der Waals surface area contributed by atoms with Crippen LogP contribution in [0.4, 0.5) is 0 Å². The fraction of sp³-hybridized carbons (Fsp3) is 0.688. The highest BCUT2D eigenvalue weighted by molar-refractivity contribution is 5.93. The lowest BCUT2D eigenvalue weighted by Gasteiger charge is -2.36. The number of ether oxygens (including phenoxy) is 1. The van der Waals surface area contributed by atoms with Crippen molar-refractivity contribution < 1.29 is 9.53 Å². The Hall–Kier alpha value is -1.33. The van der Waals surface area contributed by atoms with Crippen molar-refractivity contribution in [3.05, 3.63) is 23.5 Å². The standard InChI is InChI=1S/C16H25N3O2/c1-13-4-5-17-15(13)16(20)19-6-2-3-14(12-19)11-18-7-9-21-10-8-18/h4-5,14,17H,2-3,6-12H2,1H3/t14-/m1/s1. The van der Waals surface area contributed by atoms with Gasteiger partial charge in [0.2, 0.25) is 0 Å². The summed E-state index contributed by atoms with van der Waals surface area (Å²) in [5.41, 5.74) is 1.79. The Bertz CT molecular complexity index is 480. The van der Waals surface area contributed by atoms with Crippen molar-refractivity contribution in [1.29, 1.82) is 0 Å². The zero-order valence-corrected chi connectivity index (χ0v) is 12.8. The number of H-pyrrole nitrogens is 1. The molecule has 1 aromatic heterocycles. The molecule has 21 heavy (non-hydrogen) atoms. The number of aromatic nitrogens is 1. The molecule has 5 nitrogen and oxygen atoms in total. The molecule has 1 atom stereocenters. The Morgan fingerprint density at radius 1 is 1.38 bits per heavy atom. The molecule has 0 radical (unpaired) electrons. The first-order chi connectivity index (χ1) is 10.2. The van der Waals surface area contributed by atoms with Gasteiger partial charge in [0.25, 0.3) is 5.91 Å². The van der Waals surface area contributed by atoms with Crippen LogP contribution in [0.3, 0.4) is 0 Å². The second-order valence-electron chi connectivity index (χ2n) is 6.21. The maximum Gasteiger partial charge on any atom is 0.270 e. The minimum absolute atomic E-state index is 0.157. The van der Waals surface area contributed by atoms with Gasteiger partial charge in [-0.2, -0.15) is 0 Å². The van der Waals surface area contributed by atoms with Crippen LogP contribution >= 0.6 is 0 Å². The van der Waals surface area contributed by atoms with Gasteiger partial charge in [-0.3, -0.25) is 9.69 Å². The van der Waals surface area contributed by atoms with E-state index >= 15 is 0 Å². The maximum absolute atomic E-state index is 12.6. The number of carbonyl (C=O) groups is 1. The molecule has 0 aliphatic carbocycles. The molecule has 1 N–H and O–H groups in total. The summed E-state index contributed by atoms with van der Waals surface area (Å²) >= 11 is 0. The SMILES string of the molecule is Cc1cc[nH]c1C(=O)N1CCC[C@H](CN2CCOCC2)C1. The zero-order chi connectivity index (χ0) is 14.7. The maximum atomic E-state index is 12.6. The third-order valence-electron chi connectivity index (χ3n) is 4.60. The number of aromatic amines is 1. The van der Waals surface area contributed by atoms with Crippen LogP contribution in [0.15, 0.2) is 12.3 Å². The molecular formula is C16H25N3O2. The van der Waals surface area contributed by atoms with Crippen molar-refractivity contribution in [2.75, 3.05) is 45.9 Å². The molecule has 0 spiro atoms. The summed E-state index contributed by atoms with van der Waals surface area (Å²) in [7, 11) is 0. The Morgan fingerprint density at radius 3 is 2.90 bits per heavy atom. The Labute approximate surface area is 126 Å². The quantitative estimate of drug-likeness (QED) is 0.918. The lowest BCUT2D eigenvalue weighted by molar-refractivity contribution is 0.0223. The normalized spacial score (nSPS) is 24.2. The zero-order valence-electron chi connectivity index (χ0n) is 12.8. The first kappa shape index (κ1) is 14.6. The van der Waals surface area contributed by atoms with Gasteiger partial charge in [0, 0.05) is 38.9 Å². The van der Waals surface area contributed by atoms with Crippen LogP contribution in [0.1, 0.15) is 28.9 Å². The average Bonchev–Trinajstić information content (AvgIpc) is 2.94. The number of piperidine rings is 1. The first-order valence-corrected chi connectivity index (χ1v) is 7.97. The largest absolute Gasteiger partial charge is 0.379 e. The molecule has 0 bridgehead atoms. The monoisotopic (exact) mass is 291 g/mol. The minimum Gasteiger partial charge on any atom is -0.379 e. The number of likely N-dealkylation sites (tertiary alicyclic amines) is 1. The summed E-state index contributed by atoms with van der Waals surface area (Å²) in [5.74, 6) is 0.750. The van der Waals surface area contributed by atoms with Gasteiger partial charge in [-0.05, 0) is 37.3 Å². The van der Waals surface area contributed by atoms with E-state index in [1.54, 1.807) is 0 Å². The van der Waals surface area contributed by atoms with Crippen LogP contribution in [-0.2, 0) is 4.74 Å². The Kier molecular flexibility index (Phi) is 4.60. The number of nitrogens with zero attached hydrogens (tertiary/aromatic N) is 2. The van der Waals surface area contributed by atoms with Gasteiger partial charge in [0.05, 0.1) is 13.2 Å². The van der Waals surface area contributed by atoms with E-state index < -0.39 is 0 Å². The molecule has 1 aromatic rings. The number of nitrogens with one attached hydrogen (secondary N) is 1. The van der Waals surface area contributed by atoms with E-state index in [9.17, 15) is 4.79 Å². The second-order valence-corrected chi connectivity index (χ2v) is 6.21. The Balaban J connectivity index is 1.57. The predicted octanol–water partition coefficient (Wildman–Crippen LogP) is 1.51. The molecule has 2 saturated heterocycles. The van der Waals surface area contributed by atoms with Gasteiger partial charge in [-0.25, -0.2) is 0 Å². The number of amides is 1. The summed E-state index contributed by atoms with van der Waals surface area (Å²) in [4.78, 5) is 20.2. The van der Waals surface area contributed by atoms with Crippen molar-refractivity contribution in [2.45, 2.75) is 19.8 Å². The van der Waals surface area contributed by atoms with E-state index in [-0.39, 0.29) is 5.91 Å². The molecule has 5 heteroatoms. The van der Waals surface area contributed by atoms with Crippen molar-refractivity contribution in [3.8, 4) is 0 Å². The number of hydrogen-bond donors (Lipinski definition) is 1. The highest BCUT2D eigenvalue weighted by atomic mass is 16.5. The summed E-state index contributed by atoms with van der Waals surface area (Å²) in [6.45, 7) is 8.59. The molecule has 2 aliphatic heterocycles. The molecular weight excluding hydrogens is 266 g/mol. The number of hydrogen-bond acceptors (Lipinski definition) is 3. The van der Waals surface area contributed by atoms with E-state index in [0.717, 1.165) is 63.6 Å². The lowest BCUT2D eigenvalue weighted by atomic mass is 9.96. The Morgan fingerprint density at radius 2 is 2.19 bits per heavy atom. The van der Waals surface area contributed by atoms with Gasteiger partial charge < -0.3 is 14.6 Å². The number of carbonyl (C=O) groups excluding carboxylic acids is 1. The molecule has 1 amide bonds. The van der Waals surface area contributed by atoms with Crippen molar-refractivity contribution in [1.82, 2.24) is 14.8 Å². The van der Waals surface area contributed by atoms with E-state index in [1.807, 2.05) is 24.1 Å². The summed E-state index contributed by atoms with van der Waals surface area (Å²) < 4.78 is 5.40.